The molecular formula is C19H20N4O2S. The van der Waals surface area contributed by atoms with Crippen LogP contribution in [0.1, 0.15) is 12.5 Å². The van der Waals surface area contributed by atoms with E-state index in [1.807, 2.05) is 60.1 Å². The van der Waals surface area contributed by atoms with E-state index in [1.165, 1.54) is 11.8 Å². The third kappa shape index (κ3) is 4.64. The minimum atomic E-state index is -0.190. The quantitative estimate of drug-likeness (QED) is 0.691. The number of ether oxygens (including phenoxy) is 1. The topological polar surface area (TPSA) is 69.0 Å². The maximum absolute atomic E-state index is 12.1. The SMILES string of the molecule is CCc1ccccc1OCC(=O)Nc1ccc(Sc2nncn2C)cc1. The predicted octanol–water partition coefficient (Wildman–Crippen LogP) is 3.55. The summed E-state index contributed by atoms with van der Waals surface area (Å²) in [5.74, 6) is 0.560. The van der Waals surface area contributed by atoms with Gasteiger partial charge in [0, 0.05) is 17.6 Å². The molecule has 0 saturated carbocycles. The molecule has 0 atom stereocenters. The van der Waals surface area contributed by atoms with Crippen LogP contribution in [0.4, 0.5) is 5.69 Å². The second-order valence-corrected chi connectivity index (χ2v) is 6.69. The van der Waals surface area contributed by atoms with Gasteiger partial charge in [-0.1, -0.05) is 25.1 Å². The van der Waals surface area contributed by atoms with Crippen LogP contribution in [0.25, 0.3) is 0 Å². The Hall–Kier alpha value is -2.80. The van der Waals surface area contributed by atoms with E-state index in [1.54, 1.807) is 6.33 Å². The zero-order valence-corrected chi connectivity index (χ0v) is 15.5. The molecule has 0 radical (unpaired) electrons. The first-order valence-corrected chi connectivity index (χ1v) is 9.10. The van der Waals surface area contributed by atoms with Gasteiger partial charge in [0.1, 0.15) is 12.1 Å². The predicted molar refractivity (Wildman–Crippen MR) is 102 cm³/mol. The Balaban J connectivity index is 1.53. The summed E-state index contributed by atoms with van der Waals surface area (Å²) in [6, 6.07) is 15.3. The molecule has 1 N–H and O–H groups in total. The van der Waals surface area contributed by atoms with Crippen LogP contribution in [0.2, 0.25) is 0 Å². The monoisotopic (exact) mass is 368 g/mol. The van der Waals surface area contributed by atoms with Crippen LogP contribution < -0.4 is 10.1 Å². The van der Waals surface area contributed by atoms with Gasteiger partial charge >= 0.3 is 0 Å². The molecule has 0 aliphatic rings. The number of anilines is 1. The molecule has 1 amide bonds. The highest BCUT2D eigenvalue weighted by atomic mass is 32.2. The normalized spacial score (nSPS) is 10.5. The summed E-state index contributed by atoms with van der Waals surface area (Å²) in [7, 11) is 1.90. The van der Waals surface area contributed by atoms with E-state index in [2.05, 4.69) is 22.4 Å². The van der Waals surface area contributed by atoms with Crippen molar-refractivity contribution in [2.75, 3.05) is 11.9 Å². The molecule has 3 rings (SSSR count). The summed E-state index contributed by atoms with van der Waals surface area (Å²) >= 11 is 1.51. The first kappa shape index (κ1) is 18.0. The minimum absolute atomic E-state index is 0.0214. The van der Waals surface area contributed by atoms with Crippen LogP contribution in [0.3, 0.4) is 0 Å². The fourth-order valence-corrected chi connectivity index (χ4v) is 3.12. The van der Waals surface area contributed by atoms with Crippen molar-refractivity contribution in [1.82, 2.24) is 14.8 Å². The zero-order chi connectivity index (χ0) is 18.4. The van der Waals surface area contributed by atoms with E-state index in [4.69, 9.17) is 4.74 Å². The summed E-state index contributed by atoms with van der Waals surface area (Å²) in [6.45, 7) is 2.04. The number of nitrogens with zero attached hydrogens (tertiary/aromatic N) is 3. The van der Waals surface area contributed by atoms with Gasteiger partial charge < -0.3 is 14.6 Å². The molecule has 26 heavy (non-hydrogen) atoms. The van der Waals surface area contributed by atoms with Crippen molar-refractivity contribution >= 4 is 23.4 Å². The third-order valence-corrected chi connectivity index (χ3v) is 4.79. The van der Waals surface area contributed by atoms with Crippen molar-refractivity contribution in [3.63, 3.8) is 0 Å². The maximum Gasteiger partial charge on any atom is 0.262 e. The number of rotatable bonds is 7. The first-order valence-electron chi connectivity index (χ1n) is 8.28. The summed E-state index contributed by atoms with van der Waals surface area (Å²) in [4.78, 5) is 13.1. The molecule has 6 nitrogen and oxygen atoms in total. The lowest BCUT2D eigenvalue weighted by Gasteiger charge is -2.10. The molecule has 0 unspecified atom stereocenters. The van der Waals surface area contributed by atoms with Gasteiger partial charge in [-0.2, -0.15) is 0 Å². The highest BCUT2D eigenvalue weighted by Crippen LogP contribution is 2.26. The number of para-hydroxylation sites is 1. The second-order valence-electron chi connectivity index (χ2n) is 5.65. The molecular weight excluding hydrogens is 348 g/mol. The molecule has 0 saturated heterocycles. The van der Waals surface area contributed by atoms with Gasteiger partial charge in [-0.15, -0.1) is 10.2 Å². The number of carbonyl (C=O) groups is 1. The summed E-state index contributed by atoms with van der Waals surface area (Å²) in [5, 5.41) is 11.5. The number of hydrogen-bond acceptors (Lipinski definition) is 5. The summed E-state index contributed by atoms with van der Waals surface area (Å²) in [6.07, 6.45) is 2.52. The van der Waals surface area contributed by atoms with Crippen LogP contribution in [-0.4, -0.2) is 27.3 Å². The van der Waals surface area contributed by atoms with Crippen LogP contribution in [0.5, 0.6) is 5.75 Å². The van der Waals surface area contributed by atoms with Crippen LogP contribution in [0, 0.1) is 0 Å². The Morgan fingerprint density at radius 1 is 1.19 bits per heavy atom. The van der Waals surface area contributed by atoms with Gasteiger partial charge in [-0.05, 0) is 54.1 Å². The van der Waals surface area contributed by atoms with E-state index in [-0.39, 0.29) is 12.5 Å². The number of benzene rings is 2. The Labute approximate surface area is 156 Å². The highest BCUT2D eigenvalue weighted by molar-refractivity contribution is 7.99. The average Bonchev–Trinajstić information content (AvgIpc) is 3.06. The van der Waals surface area contributed by atoms with Crippen LogP contribution >= 0.6 is 11.8 Å². The molecule has 1 heterocycles. The van der Waals surface area contributed by atoms with Gasteiger partial charge in [0.2, 0.25) is 0 Å². The smallest absolute Gasteiger partial charge is 0.262 e. The Bertz CT molecular complexity index is 877. The number of hydrogen-bond donors (Lipinski definition) is 1. The fourth-order valence-electron chi connectivity index (χ4n) is 2.35. The lowest BCUT2D eigenvalue weighted by molar-refractivity contribution is -0.118. The minimum Gasteiger partial charge on any atom is -0.483 e. The lowest BCUT2D eigenvalue weighted by atomic mass is 10.1. The standard InChI is InChI=1S/C19H20N4O2S/c1-3-14-6-4-5-7-17(14)25-12-18(24)21-15-8-10-16(11-9-15)26-19-22-20-13-23(19)2/h4-11,13H,3,12H2,1-2H3,(H,21,24). The largest absolute Gasteiger partial charge is 0.483 e. The molecule has 1 aromatic heterocycles. The lowest BCUT2D eigenvalue weighted by Crippen LogP contribution is -2.20. The number of aryl methyl sites for hydroxylation is 2. The molecule has 134 valence electrons. The molecule has 3 aromatic rings. The van der Waals surface area contributed by atoms with Gasteiger partial charge in [-0.25, -0.2) is 0 Å². The van der Waals surface area contributed by atoms with Gasteiger partial charge in [0.15, 0.2) is 11.8 Å². The van der Waals surface area contributed by atoms with Gasteiger partial charge in [0.25, 0.3) is 5.91 Å². The average molecular weight is 368 g/mol. The van der Waals surface area contributed by atoms with E-state index in [9.17, 15) is 4.79 Å². The molecule has 2 aromatic carbocycles. The Morgan fingerprint density at radius 2 is 1.96 bits per heavy atom. The van der Waals surface area contributed by atoms with E-state index in [0.717, 1.165) is 33.5 Å². The number of amides is 1. The molecule has 7 heteroatoms. The Morgan fingerprint density at radius 3 is 2.65 bits per heavy atom. The summed E-state index contributed by atoms with van der Waals surface area (Å²) < 4.78 is 7.49. The molecule has 0 aliphatic heterocycles. The third-order valence-electron chi connectivity index (χ3n) is 3.73. The molecule has 0 bridgehead atoms. The van der Waals surface area contributed by atoms with Gasteiger partial charge in [0.05, 0.1) is 0 Å². The van der Waals surface area contributed by atoms with Gasteiger partial charge in [-0.3, -0.25) is 4.79 Å². The highest BCUT2D eigenvalue weighted by Gasteiger charge is 2.07. The molecule has 0 fully saturated rings. The molecule has 0 aliphatic carbocycles. The maximum atomic E-state index is 12.1. The molecule has 0 spiro atoms. The Kier molecular flexibility index (Phi) is 5.91. The van der Waals surface area contributed by atoms with E-state index in [0.29, 0.717) is 0 Å². The van der Waals surface area contributed by atoms with E-state index < -0.39 is 0 Å². The van der Waals surface area contributed by atoms with Crippen molar-refractivity contribution < 1.29 is 9.53 Å². The van der Waals surface area contributed by atoms with Crippen LogP contribution in [0.15, 0.2) is 64.9 Å². The van der Waals surface area contributed by atoms with E-state index >= 15 is 0 Å². The summed E-state index contributed by atoms with van der Waals surface area (Å²) in [5.41, 5.74) is 1.81. The first-order chi connectivity index (χ1) is 12.7. The second kappa shape index (κ2) is 8.53. The van der Waals surface area contributed by atoms with Crippen molar-refractivity contribution in [3.05, 3.63) is 60.4 Å². The van der Waals surface area contributed by atoms with Crippen molar-refractivity contribution in [2.24, 2.45) is 7.05 Å². The van der Waals surface area contributed by atoms with Crippen molar-refractivity contribution in [2.45, 2.75) is 23.4 Å². The number of nitrogens with one attached hydrogen (secondary N) is 1. The number of aromatic nitrogens is 3. The zero-order valence-electron chi connectivity index (χ0n) is 14.7. The fraction of sp³-hybridized carbons (Fsp3) is 0.211. The number of carbonyl (C=O) groups excluding carboxylic acids is 1. The van der Waals surface area contributed by atoms with Crippen molar-refractivity contribution in [3.8, 4) is 5.75 Å². The van der Waals surface area contributed by atoms with Crippen molar-refractivity contribution in [1.29, 1.82) is 0 Å². The van der Waals surface area contributed by atoms with Crippen LogP contribution in [-0.2, 0) is 18.3 Å².